The minimum Gasteiger partial charge on any atom is -0.508 e. The summed E-state index contributed by atoms with van der Waals surface area (Å²) in [7, 11) is 0. The molecule has 4 rings (SSSR count). The van der Waals surface area contributed by atoms with Crippen LogP contribution >= 0.6 is 11.3 Å². The van der Waals surface area contributed by atoms with Gasteiger partial charge in [-0.15, -0.1) is 0 Å². The first kappa shape index (κ1) is 16.0. The van der Waals surface area contributed by atoms with Crippen LogP contribution in [-0.4, -0.2) is 26.4 Å². The van der Waals surface area contributed by atoms with E-state index in [2.05, 4.69) is 15.1 Å². The number of fused-ring (bicyclic) bond motifs is 1. The zero-order chi connectivity index (χ0) is 17.9. The van der Waals surface area contributed by atoms with Crippen molar-refractivity contribution in [2.45, 2.75) is 0 Å². The molecule has 0 spiro atoms. The molecule has 0 fully saturated rings. The number of nitrogens with zero attached hydrogens (tertiary/aromatic N) is 4. The van der Waals surface area contributed by atoms with E-state index < -0.39 is 0 Å². The molecule has 0 bridgehead atoms. The Kier molecular flexibility index (Phi) is 4.20. The maximum atomic E-state index is 9.95. The van der Waals surface area contributed by atoms with E-state index in [1.807, 2.05) is 42.5 Å². The average Bonchev–Trinajstić information content (AvgIpc) is 3.09. The summed E-state index contributed by atoms with van der Waals surface area (Å²) in [6.45, 7) is 0. The van der Waals surface area contributed by atoms with Crippen molar-refractivity contribution in [3.63, 3.8) is 0 Å². The fraction of sp³-hybridized carbons (Fsp3) is 0. The van der Waals surface area contributed by atoms with Crippen LogP contribution in [0.4, 0.5) is 10.9 Å². The SMILES string of the molecule is Oc1ccc(O)c(/C=N/N(c2ccccn2)c2nc3ccccc3s2)c1. The molecule has 2 N–H and O–H groups in total. The Balaban J connectivity index is 1.78. The summed E-state index contributed by atoms with van der Waals surface area (Å²) in [5.74, 6) is 0.674. The third-order valence-corrected chi connectivity index (χ3v) is 4.67. The molecular weight excluding hydrogens is 348 g/mol. The van der Waals surface area contributed by atoms with Crippen LogP contribution in [0, 0.1) is 0 Å². The van der Waals surface area contributed by atoms with E-state index in [0.29, 0.717) is 16.5 Å². The molecule has 7 heteroatoms. The molecule has 2 aromatic carbocycles. The number of hydrogen-bond acceptors (Lipinski definition) is 7. The monoisotopic (exact) mass is 362 g/mol. The van der Waals surface area contributed by atoms with Crippen molar-refractivity contribution in [2.24, 2.45) is 5.10 Å². The number of aromatic nitrogens is 2. The van der Waals surface area contributed by atoms with Crippen LogP contribution in [0.15, 0.2) is 72.0 Å². The third kappa shape index (κ3) is 3.20. The van der Waals surface area contributed by atoms with Crippen molar-refractivity contribution in [3.05, 3.63) is 72.4 Å². The second-order valence-corrected chi connectivity index (χ2v) is 6.46. The average molecular weight is 362 g/mol. The normalized spacial score (nSPS) is 11.2. The number of phenols is 2. The fourth-order valence-corrected chi connectivity index (χ4v) is 3.33. The van der Waals surface area contributed by atoms with E-state index in [1.54, 1.807) is 11.2 Å². The lowest BCUT2D eigenvalue weighted by Crippen LogP contribution is -2.10. The molecule has 0 aliphatic carbocycles. The fourth-order valence-electron chi connectivity index (χ4n) is 2.40. The molecule has 4 aromatic rings. The highest BCUT2D eigenvalue weighted by Crippen LogP contribution is 2.32. The number of para-hydroxylation sites is 1. The zero-order valence-corrected chi connectivity index (χ0v) is 14.3. The van der Waals surface area contributed by atoms with Gasteiger partial charge in [-0.3, -0.25) is 0 Å². The van der Waals surface area contributed by atoms with Gasteiger partial charge < -0.3 is 10.2 Å². The van der Waals surface area contributed by atoms with Gasteiger partial charge in [-0.2, -0.15) is 10.1 Å². The van der Waals surface area contributed by atoms with Gasteiger partial charge in [0.25, 0.3) is 0 Å². The van der Waals surface area contributed by atoms with Crippen molar-refractivity contribution in [1.29, 1.82) is 0 Å². The highest BCUT2D eigenvalue weighted by atomic mass is 32.1. The minimum atomic E-state index is 0.0248. The van der Waals surface area contributed by atoms with Crippen LogP contribution in [0.1, 0.15) is 5.56 Å². The molecule has 0 aliphatic rings. The Morgan fingerprint density at radius 2 is 1.85 bits per heavy atom. The van der Waals surface area contributed by atoms with Gasteiger partial charge in [-0.05, 0) is 42.5 Å². The minimum absolute atomic E-state index is 0.0248. The Labute approximate surface area is 153 Å². The molecular formula is C19H14N4O2S. The van der Waals surface area contributed by atoms with Gasteiger partial charge in [0.15, 0.2) is 5.82 Å². The van der Waals surface area contributed by atoms with Gasteiger partial charge in [0.1, 0.15) is 11.5 Å². The van der Waals surface area contributed by atoms with E-state index in [0.717, 1.165) is 10.2 Å². The van der Waals surface area contributed by atoms with Gasteiger partial charge in [0.2, 0.25) is 5.13 Å². The predicted octanol–water partition coefficient (Wildman–Crippen LogP) is 4.27. The second kappa shape index (κ2) is 6.81. The number of pyridine rings is 1. The van der Waals surface area contributed by atoms with E-state index in [4.69, 9.17) is 0 Å². The van der Waals surface area contributed by atoms with Gasteiger partial charge in [0, 0.05) is 11.8 Å². The highest BCUT2D eigenvalue weighted by Gasteiger charge is 2.14. The number of phenolic OH excluding ortho intramolecular Hbond substituents is 2. The Morgan fingerprint density at radius 1 is 1.00 bits per heavy atom. The maximum absolute atomic E-state index is 9.95. The number of aromatic hydroxyl groups is 2. The summed E-state index contributed by atoms with van der Waals surface area (Å²) in [5.41, 5.74) is 1.27. The van der Waals surface area contributed by atoms with Crippen molar-refractivity contribution in [1.82, 2.24) is 9.97 Å². The molecule has 26 heavy (non-hydrogen) atoms. The van der Waals surface area contributed by atoms with Crippen LogP contribution in [0.3, 0.4) is 0 Å². The molecule has 6 nitrogen and oxygen atoms in total. The summed E-state index contributed by atoms with van der Waals surface area (Å²) >= 11 is 1.49. The molecule has 2 heterocycles. The van der Waals surface area contributed by atoms with Crippen molar-refractivity contribution in [2.75, 3.05) is 5.01 Å². The molecule has 0 radical (unpaired) electrons. The lowest BCUT2D eigenvalue weighted by molar-refractivity contribution is 0.459. The number of anilines is 2. The van der Waals surface area contributed by atoms with Crippen molar-refractivity contribution >= 4 is 38.7 Å². The molecule has 0 atom stereocenters. The first-order chi connectivity index (χ1) is 12.7. The van der Waals surface area contributed by atoms with Gasteiger partial charge >= 0.3 is 0 Å². The summed E-state index contributed by atoms with van der Waals surface area (Å²) in [6.07, 6.45) is 3.15. The molecule has 0 saturated carbocycles. The van der Waals surface area contributed by atoms with E-state index in [9.17, 15) is 10.2 Å². The third-order valence-electron chi connectivity index (χ3n) is 3.65. The Morgan fingerprint density at radius 3 is 2.65 bits per heavy atom. The maximum Gasteiger partial charge on any atom is 0.213 e. The summed E-state index contributed by atoms with van der Waals surface area (Å²) in [6, 6.07) is 17.6. The summed E-state index contributed by atoms with van der Waals surface area (Å²) in [4.78, 5) is 8.97. The first-order valence-electron chi connectivity index (χ1n) is 7.83. The van der Waals surface area contributed by atoms with Crippen LogP contribution in [-0.2, 0) is 0 Å². The molecule has 128 valence electrons. The highest BCUT2D eigenvalue weighted by molar-refractivity contribution is 7.22. The summed E-state index contributed by atoms with van der Waals surface area (Å²) in [5, 5.41) is 26.3. The first-order valence-corrected chi connectivity index (χ1v) is 8.65. The molecule has 0 saturated heterocycles. The molecule has 0 aliphatic heterocycles. The lowest BCUT2D eigenvalue weighted by atomic mass is 10.2. The molecule has 0 amide bonds. The lowest BCUT2D eigenvalue weighted by Gasteiger charge is -2.14. The van der Waals surface area contributed by atoms with E-state index in [-0.39, 0.29) is 11.5 Å². The van der Waals surface area contributed by atoms with E-state index >= 15 is 0 Å². The smallest absolute Gasteiger partial charge is 0.213 e. The van der Waals surface area contributed by atoms with Crippen LogP contribution < -0.4 is 5.01 Å². The topological polar surface area (TPSA) is 81.8 Å². The molecule has 2 aromatic heterocycles. The van der Waals surface area contributed by atoms with Gasteiger partial charge in [-0.25, -0.2) is 9.97 Å². The second-order valence-electron chi connectivity index (χ2n) is 5.45. The number of hydrogen-bond donors (Lipinski definition) is 2. The Bertz CT molecular complexity index is 1050. The van der Waals surface area contributed by atoms with Crippen LogP contribution in [0.2, 0.25) is 0 Å². The predicted molar refractivity (Wildman–Crippen MR) is 103 cm³/mol. The van der Waals surface area contributed by atoms with E-state index in [1.165, 1.54) is 35.8 Å². The Hall–Kier alpha value is -3.45. The van der Waals surface area contributed by atoms with Crippen molar-refractivity contribution < 1.29 is 10.2 Å². The standard InChI is InChI=1S/C19H14N4O2S/c24-14-8-9-16(25)13(11-14)12-21-23(18-7-3-4-10-20-18)19-22-15-5-1-2-6-17(15)26-19/h1-12,24-25H/b21-12+. The summed E-state index contributed by atoms with van der Waals surface area (Å²) < 4.78 is 1.04. The largest absolute Gasteiger partial charge is 0.508 e. The number of rotatable bonds is 4. The van der Waals surface area contributed by atoms with Crippen molar-refractivity contribution in [3.8, 4) is 11.5 Å². The van der Waals surface area contributed by atoms with Gasteiger partial charge in [0.05, 0.1) is 16.4 Å². The van der Waals surface area contributed by atoms with Crippen LogP contribution in [0.25, 0.3) is 10.2 Å². The number of benzene rings is 2. The van der Waals surface area contributed by atoms with Crippen LogP contribution in [0.5, 0.6) is 11.5 Å². The number of hydrazone groups is 1. The number of thiazole rings is 1. The molecule has 0 unspecified atom stereocenters. The quantitative estimate of drug-likeness (QED) is 0.322. The zero-order valence-electron chi connectivity index (χ0n) is 13.5. The van der Waals surface area contributed by atoms with Gasteiger partial charge in [-0.1, -0.05) is 29.5 Å².